The topological polar surface area (TPSA) is 75.4 Å². The highest BCUT2D eigenvalue weighted by Crippen LogP contribution is 2.41. The minimum atomic E-state index is 0.0493. The lowest BCUT2D eigenvalue weighted by atomic mass is 9.99. The molecule has 1 saturated heterocycles. The van der Waals surface area contributed by atoms with Crippen LogP contribution in [0.4, 0.5) is 5.69 Å². The second kappa shape index (κ2) is 11.1. The number of carbonyl (C=O) groups is 2. The third kappa shape index (κ3) is 6.03. The molecule has 186 valence electrons. The van der Waals surface area contributed by atoms with Crippen LogP contribution in [0.3, 0.4) is 0 Å². The fourth-order valence-electron chi connectivity index (χ4n) is 5.28. The smallest absolute Gasteiger partial charge is 0.222 e. The summed E-state index contributed by atoms with van der Waals surface area (Å²) in [7, 11) is 0. The zero-order valence-corrected chi connectivity index (χ0v) is 20.7. The van der Waals surface area contributed by atoms with Crippen LogP contribution in [0.5, 0.6) is 0 Å². The molecular formula is C31H35N3O2. The molecule has 5 nitrogen and oxygen atoms in total. The number of nitrogen functional groups attached to an aromatic ring is 1. The highest BCUT2D eigenvalue weighted by Gasteiger charge is 2.39. The predicted octanol–water partition coefficient (Wildman–Crippen LogP) is 4.76. The lowest BCUT2D eigenvalue weighted by Crippen LogP contribution is -2.45. The van der Waals surface area contributed by atoms with Gasteiger partial charge in [0.1, 0.15) is 0 Å². The van der Waals surface area contributed by atoms with Gasteiger partial charge in [0.15, 0.2) is 5.78 Å². The van der Waals surface area contributed by atoms with Crippen LogP contribution in [0.1, 0.15) is 58.6 Å². The number of nitrogens with zero attached hydrogens (tertiary/aromatic N) is 1. The molecule has 2 unspecified atom stereocenters. The van der Waals surface area contributed by atoms with Crippen LogP contribution < -0.4 is 11.1 Å². The molecule has 1 saturated carbocycles. The Bertz CT molecular complexity index is 1180. The maximum absolute atomic E-state index is 12.8. The summed E-state index contributed by atoms with van der Waals surface area (Å²) in [6, 6.07) is 26.9. The molecule has 0 bridgehead atoms. The maximum Gasteiger partial charge on any atom is 0.222 e. The minimum absolute atomic E-state index is 0.0493. The molecular weight excluding hydrogens is 446 g/mol. The molecule has 2 aliphatic rings. The van der Waals surface area contributed by atoms with Gasteiger partial charge in [0, 0.05) is 55.2 Å². The van der Waals surface area contributed by atoms with Crippen molar-refractivity contribution >= 4 is 17.4 Å². The normalized spacial score (nSPS) is 19.7. The minimum Gasteiger partial charge on any atom is -0.398 e. The Labute approximate surface area is 213 Å². The van der Waals surface area contributed by atoms with Crippen molar-refractivity contribution in [2.24, 2.45) is 0 Å². The molecule has 2 atom stereocenters. The van der Waals surface area contributed by atoms with Crippen LogP contribution in [0, 0.1) is 0 Å². The Morgan fingerprint density at radius 3 is 2.31 bits per heavy atom. The van der Waals surface area contributed by atoms with Crippen molar-refractivity contribution in [1.82, 2.24) is 10.2 Å². The molecule has 3 N–H and O–H groups in total. The fraction of sp³-hybridized carbons (Fsp3) is 0.355. The number of para-hydroxylation sites is 1. The van der Waals surface area contributed by atoms with Crippen LogP contribution in [-0.4, -0.2) is 41.8 Å². The van der Waals surface area contributed by atoms with Crippen molar-refractivity contribution in [3.63, 3.8) is 0 Å². The number of Topliss-reactive ketones (excluding diaryl/α,β-unsaturated/α-hetero) is 1. The number of hydrogen-bond acceptors (Lipinski definition) is 4. The van der Waals surface area contributed by atoms with Crippen LogP contribution in [0.15, 0.2) is 78.9 Å². The molecule has 2 fully saturated rings. The first kappa shape index (κ1) is 24.3. The molecule has 0 aromatic heterocycles. The van der Waals surface area contributed by atoms with Crippen LogP contribution >= 0.6 is 0 Å². The summed E-state index contributed by atoms with van der Waals surface area (Å²) in [6.07, 6.45) is 4.75. The van der Waals surface area contributed by atoms with Gasteiger partial charge in [-0.3, -0.25) is 9.59 Å². The van der Waals surface area contributed by atoms with E-state index in [9.17, 15) is 9.59 Å². The molecule has 1 heterocycles. The van der Waals surface area contributed by atoms with E-state index in [2.05, 4.69) is 35.6 Å². The number of anilines is 1. The number of carbonyl (C=O) groups excluding carboxylic acids is 2. The van der Waals surface area contributed by atoms with E-state index in [1.165, 1.54) is 12.0 Å². The predicted molar refractivity (Wildman–Crippen MR) is 144 cm³/mol. The summed E-state index contributed by atoms with van der Waals surface area (Å²) in [5.41, 5.74) is 10.6. The number of benzene rings is 3. The SMILES string of the molecule is Nc1ccccc1CC(=O)c1ccc(CCC(=O)N2CCC(NC3CC3c3ccccc3)CC2)cc1. The summed E-state index contributed by atoms with van der Waals surface area (Å²) in [5.74, 6) is 0.916. The maximum atomic E-state index is 12.8. The first-order valence-electron chi connectivity index (χ1n) is 13.1. The van der Waals surface area contributed by atoms with Gasteiger partial charge in [0.25, 0.3) is 0 Å². The van der Waals surface area contributed by atoms with Crippen molar-refractivity contribution in [3.05, 3.63) is 101 Å². The van der Waals surface area contributed by atoms with Gasteiger partial charge >= 0.3 is 0 Å². The van der Waals surface area contributed by atoms with E-state index in [0.29, 0.717) is 48.5 Å². The number of piperidine rings is 1. The van der Waals surface area contributed by atoms with Crippen molar-refractivity contribution in [3.8, 4) is 0 Å². The largest absolute Gasteiger partial charge is 0.398 e. The number of likely N-dealkylation sites (tertiary alicyclic amines) is 1. The van der Waals surface area contributed by atoms with E-state index in [0.717, 1.165) is 37.1 Å². The van der Waals surface area contributed by atoms with E-state index in [1.807, 2.05) is 53.4 Å². The Kier molecular flexibility index (Phi) is 7.47. The van der Waals surface area contributed by atoms with E-state index < -0.39 is 0 Å². The number of ketones is 1. The van der Waals surface area contributed by atoms with Crippen molar-refractivity contribution < 1.29 is 9.59 Å². The summed E-state index contributed by atoms with van der Waals surface area (Å²) in [4.78, 5) is 27.4. The van der Waals surface area contributed by atoms with E-state index in [-0.39, 0.29) is 11.7 Å². The monoisotopic (exact) mass is 481 g/mol. The van der Waals surface area contributed by atoms with Gasteiger partial charge in [-0.2, -0.15) is 0 Å². The van der Waals surface area contributed by atoms with E-state index in [4.69, 9.17) is 5.73 Å². The highest BCUT2D eigenvalue weighted by atomic mass is 16.2. The number of nitrogens with two attached hydrogens (primary N) is 1. The van der Waals surface area contributed by atoms with Crippen molar-refractivity contribution in [2.75, 3.05) is 18.8 Å². The lowest BCUT2D eigenvalue weighted by Gasteiger charge is -2.33. The summed E-state index contributed by atoms with van der Waals surface area (Å²) >= 11 is 0. The van der Waals surface area contributed by atoms with Gasteiger partial charge in [0.2, 0.25) is 5.91 Å². The molecule has 5 rings (SSSR count). The molecule has 3 aromatic carbocycles. The molecule has 0 spiro atoms. The highest BCUT2D eigenvalue weighted by molar-refractivity contribution is 5.98. The molecule has 1 aliphatic heterocycles. The summed E-state index contributed by atoms with van der Waals surface area (Å²) in [6.45, 7) is 1.66. The van der Waals surface area contributed by atoms with Crippen molar-refractivity contribution in [2.45, 2.75) is 56.5 Å². The Balaban J connectivity index is 1.03. The number of amides is 1. The standard InChI is InChI=1S/C31H35N3O2/c32-28-9-5-4-8-25(28)20-30(35)24-13-10-22(11-14-24)12-15-31(36)34-18-16-26(17-19-34)33-29-21-27(29)23-6-2-1-3-7-23/h1-11,13-14,26-27,29,33H,12,15-21,32H2. The third-order valence-corrected chi connectivity index (χ3v) is 7.63. The number of hydrogen-bond donors (Lipinski definition) is 2. The number of nitrogens with one attached hydrogen (secondary N) is 1. The average Bonchev–Trinajstić information content (AvgIpc) is 3.69. The molecule has 5 heteroatoms. The average molecular weight is 482 g/mol. The van der Waals surface area contributed by atoms with Gasteiger partial charge in [0.05, 0.1) is 0 Å². The van der Waals surface area contributed by atoms with Gasteiger partial charge in [-0.1, -0.05) is 72.8 Å². The van der Waals surface area contributed by atoms with Crippen LogP contribution in [-0.2, 0) is 17.6 Å². The van der Waals surface area contributed by atoms with Gasteiger partial charge in [-0.15, -0.1) is 0 Å². The van der Waals surface area contributed by atoms with Gasteiger partial charge in [-0.25, -0.2) is 0 Å². The Morgan fingerprint density at radius 2 is 1.58 bits per heavy atom. The molecule has 1 amide bonds. The molecule has 0 radical (unpaired) electrons. The number of rotatable bonds is 9. The van der Waals surface area contributed by atoms with Crippen LogP contribution in [0.2, 0.25) is 0 Å². The van der Waals surface area contributed by atoms with E-state index >= 15 is 0 Å². The van der Waals surface area contributed by atoms with Gasteiger partial charge in [-0.05, 0) is 48.4 Å². The second-order valence-electron chi connectivity index (χ2n) is 10.2. The molecule has 36 heavy (non-hydrogen) atoms. The third-order valence-electron chi connectivity index (χ3n) is 7.63. The first-order chi connectivity index (χ1) is 17.6. The number of aryl methyl sites for hydroxylation is 1. The molecule has 1 aliphatic carbocycles. The summed E-state index contributed by atoms with van der Waals surface area (Å²) in [5, 5.41) is 3.82. The lowest BCUT2D eigenvalue weighted by molar-refractivity contribution is -0.132. The van der Waals surface area contributed by atoms with Crippen molar-refractivity contribution in [1.29, 1.82) is 0 Å². The zero-order chi connectivity index (χ0) is 24.9. The first-order valence-corrected chi connectivity index (χ1v) is 13.1. The Hall–Kier alpha value is -3.44. The second-order valence-corrected chi connectivity index (χ2v) is 10.2. The zero-order valence-electron chi connectivity index (χ0n) is 20.7. The van der Waals surface area contributed by atoms with Gasteiger partial charge < -0.3 is 16.0 Å². The summed E-state index contributed by atoms with van der Waals surface area (Å²) < 4.78 is 0. The van der Waals surface area contributed by atoms with E-state index in [1.54, 1.807) is 0 Å². The van der Waals surface area contributed by atoms with Crippen LogP contribution in [0.25, 0.3) is 0 Å². The quantitative estimate of drug-likeness (QED) is 0.341. The Morgan fingerprint density at radius 1 is 0.889 bits per heavy atom. The fourth-order valence-corrected chi connectivity index (χ4v) is 5.28. The molecule has 3 aromatic rings.